The Balaban J connectivity index is 1.67. The number of H-pyrrole nitrogens is 1. The van der Waals surface area contributed by atoms with E-state index in [1.165, 1.54) is 5.56 Å². The van der Waals surface area contributed by atoms with Crippen molar-refractivity contribution in [1.29, 1.82) is 0 Å². The zero-order valence-corrected chi connectivity index (χ0v) is 12.2. The molecule has 5 heteroatoms. The number of hydrogen-bond acceptors (Lipinski definition) is 3. The van der Waals surface area contributed by atoms with Crippen LogP contribution in [0.5, 0.6) is 0 Å². The molecule has 1 atom stereocenters. The Hall–Kier alpha value is -2.40. The van der Waals surface area contributed by atoms with Crippen LogP contribution in [0.1, 0.15) is 30.0 Å². The van der Waals surface area contributed by atoms with Crippen molar-refractivity contribution in [1.82, 2.24) is 25.1 Å². The summed E-state index contributed by atoms with van der Waals surface area (Å²) in [7, 11) is 0. The minimum absolute atomic E-state index is 0.284. The van der Waals surface area contributed by atoms with E-state index in [1.807, 2.05) is 25.4 Å². The van der Waals surface area contributed by atoms with Crippen LogP contribution in [-0.4, -0.2) is 19.7 Å². The molecule has 0 saturated heterocycles. The van der Waals surface area contributed by atoms with E-state index in [9.17, 15) is 0 Å². The van der Waals surface area contributed by atoms with Crippen molar-refractivity contribution in [3.8, 4) is 5.69 Å². The number of hydrogen-bond donors (Lipinski definition) is 2. The Morgan fingerprint density at radius 1 is 1.19 bits per heavy atom. The van der Waals surface area contributed by atoms with Crippen molar-refractivity contribution in [2.45, 2.75) is 26.4 Å². The zero-order chi connectivity index (χ0) is 14.7. The van der Waals surface area contributed by atoms with Crippen LogP contribution in [0.2, 0.25) is 0 Å². The fraction of sp³-hybridized carbons (Fsp3) is 0.250. The van der Waals surface area contributed by atoms with Crippen LogP contribution in [0.15, 0.2) is 48.9 Å². The van der Waals surface area contributed by atoms with Crippen LogP contribution in [0.25, 0.3) is 5.69 Å². The molecule has 0 aliphatic rings. The highest BCUT2D eigenvalue weighted by molar-refractivity contribution is 5.36. The first kappa shape index (κ1) is 13.6. The van der Waals surface area contributed by atoms with Crippen molar-refractivity contribution in [2.24, 2.45) is 0 Å². The number of rotatable bonds is 5. The van der Waals surface area contributed by atoms with Gasteiger partial charge < -0.3 is 9.88 Å². The van der Waals surface area contributed by atoms with Gasteiger partial charge in [-0.2, -0.15) is 5.10 Å². The van der Waals surface area contributed by atoms with Gasteiger partial charge in [-0.05, 0) is 37.6 Å². The lowest BCUT2D eigenvalue weighted by Gasteiger charge is -2.14. The monoisotopic (exact) mass is 281 g/mol. The first-order valence-electron chi connectivity index (χ1n) is 7.06. The lowest BCUT2D eigenvalue weighted by molar-refractivity contribution is 0.567. The van der Waals surface area contributed by atoms with Crippen molar-refractivity contribution in [3.63, 3.8) is 0 Å². The summed E-state index contributed by atoms with van der Waals surface area (Å²) in [5.74, 6) is 0.994. The smallest absolute Gasteiger partial charge is 0.110 e. The van der Waals surface area contributed by atoms with Gasteiger partial charge in [-0.25, -0.2) is 4.98 Å². The van der Waals surface area contributed by atoms with Crippen LogP contribution in [-0.2, 0) is 6.54 Å². The Bertz CT molecular complexity index is 682. The summed E-state index contributed by atoms with van der Waals surface area (Å²) in [6.07, 6.45) is 5.56. The van der Waals surface area contributed by atoms with Crippen molar-refractivity contribution in [3.05, 3.63) is 66.0 Å². The van der Waals surface area contributed by atoms with E-state index in [4.69, 9.17) is 0 Å². The number of benzene rings is 1. The Morgan fingerprint density at radius 2 is 2.00 bits per heavy atom. The van der Waals surface area contributed by atoms with Crippen molar-refractivity contribution < 1.29 is 0 Å². The molecule has 0 bridgehead atoms. The molecule has 0 amide bonds. The fourth-order valence-electron chi connectivity index (χ4n) is 2.34. The Morgan fingerprint density at radius 3 is 2.62 bits per heavy atom. The average Bonchev–Trinajstić information content (AvgIpc) is 3.16. The predicted octanol–water partition coefficient (Wildman–Crippen LogP) is 2.75. The van der Waals surface area contributed by atoms with Crippen LogP contribution >= 0.6 is 0 Å². The molecule has 5 nitrogen and oxygen atoms in total. The van der Waals surface area contributed by atoms with Gasteiger partial charge in [0.1, 0.15) is 5.82 Å². The van der Waals surface area contributed by atoms with Gasteiger partial charge in [-0.15, -0.1) is 0 Å². The van der Waals surface area contributed by atoms with Gasteiger partial charge in [-0.1, -0.05) is 12.1 Å². The van der Waals surface area contributed by atoms with E-state index in [2.05, 4.69) is 56.3 Å². The molecule has 0 fully saturated rings. The topological polar surface area (TPSA) is 58.5 Å². The second kappa shape index (κ2) is 5.93. The molecule has 0 saturated carbocycles. The number of nitrogens with one attached hydrogen (secondary N) is 2. The summed E-state index contributed by atoms with van der Waals surface area (Å²) < 4.78 is 2.08. The van der Waals surface area contributed by atoms with Gasteiger partial charge in [-0.3, -0.25) is 5.10 Å². The molecule has 0 spiro atoms. The molecule has 1 aromatic carbocycles. The largest absolute Gasteiger partial charge is 0.305 e. The van der Waals surface area contributed by atoms with Crippen LogP contribution in [0.3, 0.4) is 0 Å². The van der Waals surface area contributed by atoms with Gasteiger partial charge in [0, 0.05) is 42.6 Å². The van der Waals surface area contributed by atoms with Crippen LogP contribution in [0.4, 0.5) is 0 Å². The summed E-state index contributed by atoms with van der Waals surface area (Å²) in [6.45, 7) is 4.94. The third-order valence-electron chi connectivity index (χ3n) is 3.65. The highest BCUT2D eigenvalue weighted by Crippen LogP contribution is 2.17. The molecule has 2 heterocycles. The molecule has 3 rings (SSSR count). The van der Waals surface area contributed by atoms with E-state index in [0.717, 1.165) is 23.8 Å². The lowest BCUT2D eigenvalue weighted by Crippen LogP contribution is -2.18. The maximum absolute atomic E-state index is 4.25. The van der Waals surface area contributed by atoms with E-state index in [0.29, 0.717) is 0 Å². The predicted molar refractivity (Wildman–Crippen MR) is 82.1 cm³/mol. The van der Waals surface area contributed by atoms with Gasteiger partial charge in [0.15, 0.2) is 0 Å². The number of aromatic nitrogens is 4. The first-order valence-corrected chi connectivity index (χ1v) is 7.06. The van der Waals surface area contributed by atoms with Crippen molar-refractivity contribution in [2.75, 3.05) is 0 Å². The molecular formula is C16H19N5. The molecule has 0 radical (unpaired) electrons. The molecule has 0 aliphatic carbocycles. The number of aryl methyl sites for hydroxylation is 1. The molecule has 3 aromatic rings. The molecule has 0 unspecified atom stereocenters. The van der Waals surface area contributed by atoms with Crippen molar-refractivity contribution >= 4 is 0 Å². The highest BCUT2D eigenvalue weighted by atomic mass is 15.1. The number of imidazole rings is 1. The highest BCUT2D eigenvalue weighted by Gasteiger charge is 2.06. The van der Waals surface area contributed by atoms with E-state index in [-0.39, 0.29) is 6.04 Å². The van der Waals surface area contributed by atoms with E-state index < -0.39 is 0 Å². The third kappa shape index (κ3) is 3.03. The summed E-state index contributed by atoms with van der Waals surface area (Å²) in [4.78, 5) is 4.25. The minimum Gasteiger partial charge on any atom is -0.305 e. The maximum Gasteiger partial charge on any atom is 0.110 e. The summed E-state index contributed by atoms with van der Waals surface area (Å²) in [6, 6.07) is 10.8. The summed E-state index contributed by atoms with van der Waals surface area (Å²) in [5.41, 5.74) is 3.48. The molecule has 21 heavy (non-hydrogen) atoms. The van der Waals surface area contributed by atoms with Gasteiger partial charge in [0.25, 0.3) is 0 Å². The Labute approximate surface area is 124 Å². The van der Waals surface area contributed by atoms with E-state index in [1.54, 1.807) is 6.20 Å². The van der Waals surface area contributed by atoms with Crippen LogP contribution < -0.4 is 5.32 Å². The van der Waals surface area contributed by atoms with E-state index >= 15 is 0 Å². The molecule has 0 aliphatic heterocycles. The molecular weight excluding hydrogens is 262 g/mol. The average molecular weight is 281 g/mol. The quantitative estimate of drug-likeness (QED) is 0.756. The standard InChI is InChI=1S/C16H19N5/c1-12(18-11-15-7-8-19-20-15)14-3-5-16(6-4-14)21-10-9-17-13(21)2/h3-10,12,18H,11H2,1-2H3,(H,19,20)/t12-/m0/s1. The number of aromatic amines is 1. The maximum atomic E-state index is 4.25. The summed E-state index contributed by atoms with van der Waals surface area (Å²) >= 11 is 0. The molecule has 108 valence electrons. The summed E-state index contributed by atoms with van der Waals surface area (Å²) in [5, 5.41) is 10.4. The van der Waals surface area contributed by atoms with Gasteiger partial charge in [0.05, 0.1) is 0 Å². The fourth-order valence-corrected chi connectivity index (χ4v) is 2.34. The second-order valence-electron chi connectivity index (χ2n) is 5.12. The molecule has 2 aromatic heterocycles. The Kier molecular flexibility index (Phi) is 3.83. The normalized spacial score (nSPS) is 12.5. The van der Waals surface area contributed by atoms with Gasteiger partial charge >= 0.3 is 0 Å². The SMILES string of the molecule is Cc1nccn1-c1ccc([C@H](C)NCc2ccn[nH]2)cc1. The second-order valence-corrected chi connectivity index (χ2v) is 5.12. The van der Waals surface area contributed by atoms with Gasteiger partial charge in [0.2, 0.25) is 0 Å². The third-order valence-corrected chi connectivity index (χ3v) is 3.65. The zero-order valence-electron chi connectivity index (χ0n) is 12.2. The lowest BCUT2D eigenvalue weighted by atomic mass is 10.1. The first-order chi connectivity index (χ1) is 10.2. The van der Waals surface area contributed by atoms with Crippen LogP contribution in [0, 0.1) is 6.92 Å². The number of nitrogens with zero attached hydrogens (tertiary/aromatic N) is 3. The molecule has 2 N–H and O–H groups in total. The minimum atomic E-state index is 0.284.